The number of ketones is 1. The van der Waals surface area contributed by atoms with Gasteiger partial charge in [-0.3, -0.25) is 4.79 Å². The van der Waals surface area contributed by atoms with Crippen molar-refractivity contribution in [3.63, 3.8) is 0 Å². The molecular formula is C22H19BrO3S. The van der Waals surface area contributed by atoms with Gasteiger partial charge in [0, 0.05) is 27.8 Å². The number of carboxylic acids is 1. The van der Waals surface area contributed by atoms with E-state index in [0.29, 0.717) is 16.9 Å². The molecule has 3 nitrogen and oxygen atoms in total. The molecule has 1 N–H and O–H groups in total. The van der Waals surface area contributed by atoms with Crippen molar-refractivity contribution in [1.29, 1.82) is 0 Å². The third-order valence-corrected chi connectivity index (χ3v) is 5.91. The van der Waals surface area contributed by atoms with Crippen molar-refractivity contribution in [3.8, 4) is 11.1 Å². The maximum absolute atomic E-state index is 12.6. The molecule has 3 aromatic rings. The SMILES string of the molecule is CCc1cccc(CC(=O)Cc2scc(-c3ccc(Br)cc3)c2C(=O)O)c1. The molecule has 2 aromatic carbocycles. The van der Waals surface area contributed by atoms with Gasteiger partial charge < -0.3 is 5.11 Å². The highest BCUT2D eigenvalue weighted by Crippen LogP contribution is 2.33. The van der Waals surface area contributed by atoms with Crippen LogP contribution in [0.1, 0.15) is 33.3 Å². The van der Waals surface area contributed by atoms with E-state index in [2.05, 4.69) is 22.9 Å². The van der Waals surface area contributed by atoms with E-state index in [-0.39, 0.29) is 17.8 Å². The fourth-order valence-electron chi connectivity index (χ4n) is 3.03. The van der Waals surface area contributed by atoms with Crippen LogP contribution in [0.15, 0.2) is 58.4 Å². The van der Waals surface area contributed by atoms with E-state index >= 15 is 0 Å². The van der Waals surface area contributed by atoms with Gasteiger partial charge in [-0.25, -0.2) is 4.79 Å². The molecule has 138 valence electrons. The largest absolute Gasteiger partial charge is 0.478 e. The van der Waals surface area contributed by atoms with E-state index in [0.717, 1.165) is 22.0 Å². The molecule has 0 spiro atoms. The summed E-state index contributed by atoms with van der Waals surface area (Å²) >= 11 is 4.72. The van der Waals surface area contributed by atoms with Gasteiger partial charge >= 0.3 is 5.97 Å². The Morgan fingerprint density at radius 1 is 1.04 bits per heavy atom. The average molecular weight is 443 g/mol. The van der Waals surface area contributed by atoms with Gasteiger partial charge in [-0.1, -0.05) is 59.3 Å². The quantitative estimate of drug-likeness (QED) is 0.503. The smallest absolute Gasteiger partial charge is 0.337 e. The molecule has 0 bridgehead atoms. The number of carbonyl (C=O) groups excluding carboxylic acids is 1. The molecule has 0 radical (unpaired) electrons. The first-order chi connectivity index (χ1) is 13.0. The molecule has 1 heterocycles. The highest BCUT2D eigenvalue weighted by molar-refractivity contribution is 9.10. The summed E-state index contributed by atoms with van der Waals surface area (Å²) in [5.41, 5.74) is 3.90. The molecule has 5 heteroatoms. The van der Waals surface area contributed by atoms with Crippen LogP contribution < -0.4 is 0 Å². The van der Waals surface area contributed by atoms with Gasteiger partial charge in [0.25, 0.3) is 0 Å². The topological polar surface area (TPSA) is 54.4 Å². The zero-order chi connectivity index (χ0) is 19.4. The molecule has 0 aliphatic heterocycles. The molecule has 1 aromatic heterocycles. The average Bonchev–Trinajstić information content (AvgIpc) is 3.06. The lowest BCUT2D eigenvalue weighted by Gasteiger charge is -2.05. The molecule has 0 fully saturated rings. The Morgan fingerprint density at radius 3 is 2.41 bits per heavy atom. The van der Waals surface area contributed by atoms with Crippen molar-refractivity contribution >= 4 is 39.0 Å². The number of Topliss-reactive ketones (excluding diaryl/α,β-unsaturated/α-hetero) is 1. The van der Waals surface area contributed by atoms with E-state index in [1.54, 1.807) is 0 Å². The maximum atomic E-state index is 12.6. The zero-order valence-corrected chi connectivity index (χ0v) is 17.3. The number of carboxylic acid groups (broad SMARTS) is 1. The standard InChI is InChI=1S/C22H19BrO3S/c1-2-14-4-3-5-15(10-14)11-18(24)12-20-21(22(25)26)19(13-27-20)16-6-8-17(23)9-7-16/h3-10,13H,2,11-12H2,1H3,(H,25,26). The molecule has 0 saturated carbocycles. The Labute approximate surface area is 170 Å². The van der Waals surface area contributed by atoms with E-state index in [9.17, 15) is 14.7 Å². The summed E-state index contributed by atoms with van der Waals surface area (Å²) in [7, 11) is 0. The fourth-order valence-corrected chi connectivity index (χ4v) is 4.37. The van der Waals surface area contributed by atoms with Gasteiger partial charge in [-0.2, -0.15) is 0 Å². The third-order valence-electron chi connectivity index (χ3n) is 4.39. The first kappa shape index (κ1) is 19.5. The van der Waals surface area contributed by atoms with Gasteiger partial charge in [0.05, 0.1) is 5.56 Å². The Balaban J connectivity index is 1.83. The van der Waals surface area contributed by atoms with E-state index in [1.807, 2.05) is 53.9 Å². The van der Waals surface area contributed by atoms with Crippen molar-refractivity contribution in [2.24, 2.45) is 0 Å². The summed E-state index contributed by atoms with van der Waals surface area (Å²) in [6, 6.07) is 15.5. The third kappa shape index (κ3) is 4.73. The number of rotatable bonds is 7. The molecule has 0 aliphatic rings. The Kier molecular flexibility index (Phi) is 6.24. The highest BCUT2D eigenvalue weighted by atomic mass is 79.9. The van der Waals surface area contributed by atoms with E-state index in [1.165, 1.54) is 16.9 Å². The number of hydrogen-bond acceptors (Lipinski definition) is 3. The zero-order valence-electron chi connectivity index (χ0n) is 14.9. The summed E-state index contributed by atoms with van der Waals surface area (Å²) in [6.45, 7) is 2.08. The first-order valence-electron chi connectivity index (χ1n) is 8.67. The molecule has 0 saturated heterocycles. The Bertz CT molecular complexity index is 973. The molecule has 0 amide bonds. The highest BCUT2D eigenvalue weighted by Gasteiger charge is 2.21. The number of aromatic carboxylic acids is 1. The van der Waals surface area contributed by atoms with Crippen molar-refractivity contribution in [2.75, 3.05) is 0 Å². The van der Waals surface area contributed by atoms with Crippen LogP contribution in [0.5, 0.6) is 0 Å². The van der Waals surface area contributed by atoms with Crippen molar-refractivity contribution < 1.29 is 14.7 Å². The maximum Gasteiger partial charge on any atom is 0.337 e. The van der Waals surface area contributed by atoms with E-state index < -0.39 is 5.97 Å². The fraction of sp³-hybridized carbons (Fsp3) is 0.182. The van der Waals surface area contributed by atoms with Gasteiger partial charge in [-0.05, 0) is 40.6 Å². The van der Waals surface area contributed by atoms with Gasteiger partial charge in [0.15, 0.2) is 0 Å². The normalized spacial score (nSPS) is 10.7. The lowest BCUT2D eigenvalue weighted by Crippen LogP contribution is -2.09. The second kappa shape index (κ2) is 8.63. The summed E-state index contributed by atoms with van der Waals surface area (Å²) in [5.74, 6) is -0.972. The molecule has 27 heavy (non-hydrogen) atoms. The summed E-state index contributed by atoms with van der Waals surface area (Å²) in [6.07, 6.45) is 1.38. The Morgan fingerprint density at radius 2 is 1.74 bits per heavy atom. The number of halogens is 1. The van der Waals surface area contributed by atoms with Crippen LogP contribution >= 0.6 is 27.3 Å². The van der Waals surface area contributed by atoms with Crippen LogP contribution in [0.4, 0.5) is 0 Å². The van der Waals surface area contributed by atoms with Crippen LogP contribution in [-0.4, -0.2) is 16.9 Å². The van der Waals surface area contributed by atoms with Crippen molar-refractivity contribution in [2.45, 2.75) is 26.2 Å². The number of thiophene rings is 1. The minimum atomic E-state index is -0.995. The first-order valence-corrected chi connectivity index (χ1v) is 10.3. The van der Waals surface area contributed by atoms with Crippen molar-refractivity contribution in [3.05, 3.63) is 80.0 Å². The van der Waals surface area contributed by atoms with Crippen LogP contribution in [0, 0.1) is 0 Å². The summed E-state index contributed by atoms with van der Waals surface area (Å²) < 4.78 is 0.933. The number of benzene rings is 2. The van der Waals surface area contributed by atoms with Crippen LogP contribution in [0.2, 0.25) is 0 Å². The number of aryl methyl sites for hydroxylation is 1. The predicted molar refractivity (Wildman–Crippen MR) is 113 cm³/mol. The molecule has 0 unspecified atom stereocenters. The monoisotopic (exact) mass is 442 g/mol. The predicted octanol–water partition coefficient (Wildman–Crippen LogP) is 5.79. The van der Waals surface area contributed by atoms with E-state index in [4.69, 9.17) is 0 Å². The second-order valence-corrected chi connectivity index (χ2v) is 8.21. The van der Waals surface area contributed by atoms with Crippen LogP contribution in [0.25, 0.3) is 11.1 Å². The minimum Gasteiger partial charge on any atom is -0.478 e. The van der Waals surface area contributed by atoms with Gasteiger partial charge in [-0.15, -0.1) is 11.3 Å². The molecule has 0 aliphatic carbocycles. The molecule has 0 atom stereocenters. The lowest BCUT2D eigenvalue weighted by atomic mass is 9.99. The number of hydrogen-bond donors (Lipinski definition) is 1. The van der Waals surface area contributed by atoms with Crippen LogP contribution in [0.3, 0.4) is 0 Å². The summed E-state index contributed by atoms with van der Waals surface area (Å²) in [5, 5.41) is 11.5. The van der Waals surface area contributed by atoms with Gasteiger partial charge in [0.1, 0.15) is 5.78 Å². The summed E-state index contributed by atoms with van der Waals surface area (Å²) in [4.78, 5) is 25.0. The second-order valence-electron chi connectivity index (χ2n) is 6.33. The molecular weight excluding hydrogens is 424 g/mol. The van der Waals surface area contributed by atoms with Gasteiger partial charge in [0.2, 0.25) is 0 Å². The van der Waals surface area contributed by atoms with Crippen molar-refractivity contribution in [1.82, 2.24) is 0 Å². The number of carbonyl (C=O) groups is 2. The lowest BCUT2D eigenvalue weighted by molar-refractivity contribution is -0.117. The minimum absolute atomic E-state index is 0.0231. The van der Waals surface area contributed by atoms with Crippen LogP contribution in [-0.2, 0) is 24.1 Å². The molecule has 3 rings (SSSR count). The Hall–Kier alpha value is -2.24.